The summed E-state index contributed by atoms with van der Waals surface area (Å²) in [7, 11) is 1.76. The van der Waals surface area contributed by atoms with Crippen LogP contribution in [-0.4, -0.2) is 19.7 Å². The van der Waals surface area contributed by atoms with Crippen LogP contribution in [0.2, 0.25) is 0 Å². The van der Waals surface area contributed by atoms with Crippen molar-refractivity contribution in [2.45, 2.75) is 44.6 Å². The van der Waals surface area contributed by atoms with E-state index in [4.69, 9.17) is 4.74 Å². The first-order valence-corrected chi connectivity index (χ1v) is 7.23. The highest BCUT2D eigenvalue weighted by atomic mass is 16.5. The largest absolute Gasteiger partial charge is 0.497 e. The van der Waals surface area contributed by atoms with Crippen molar-refractivity contribution >= 4 is 0 Å². The highest BCUT2D eigenvalue weighted by molar-refractivity contribution is 5.42. The van der Waals surface area contributed by atoms with Crippen molar-refractivity contribution in [3.05, 3.63) is 29.3 Å². The van der Waals surface area contributed by atoms with E-state index in [1.807, 2.05) is 0 Å². The minimum Gasteiger partial charge on any atom is -0.497 e. The van der Waals surface area contributed by atoms with Crippen LogP contribution in [0.15, 0.2) is 18.2 Å². The van der Waals surface area contributed by atoms with Gasteiger partial charge in [0.15, 0.2) is 0 Å². The number of rotatable bonds is 4. The third kappa shape index (κ3) is 1.93. The molecule has 3 unspecified atom stereocenters. The molecule has 0 bridgehead atoms. The molecule has 3 rings (SSSR count). The minimum absolute atomic E-state index is 0.759. The van der Waals surface area contributed by atoms with E-state index in [2.05, 4.69) is 30.4 Å². The summed E-state index contributed by atoms with van der Waals surface area (Å²) in [5.74, 6) is 2.65. The van der Waals surface area contributed by atoms with E-state index in [1.54, 1.807) is 18.2 Å². The Hall–Kier alpha value is -1.02. The Morgan fingerprint density at radius 3 is 3.06 bits per heavy atom. The second kappa shape index (κ2) is 4.93. The van der Waals surface area contributed by atoms with Crippen LogP contribution in [0, 0.1) is 5.92 Å². The summed E-state index contributed by atoms with van der Waals surface area (Å²) in [4.78, 5) is 0. The lowest BCUT2D eigenvalue weighted by Gasteiger charge is -2.49. The zero-order chi connectivity index (χ0) is 12.5. The van der Waals surface area contributed by atoms with Crippen molar-refractivity contribution < 1.29 is 4.74 Å². The number of ether oxygens (including phenoxy) is 1. The molecule has 0 aliphatic heterocycles. The van der Waals surface area contributed by atoms with Gasteiger partial charge >= 0.3 is 0 Å². The second-order valence-corrected chi connectivity index (χ2v) is 5.67. The Kier molecular flexibility index (Phi) is 3.29. The summed E-state index contributed by atoms with van der Waals surface area (Å²) in [6, 6.07) is 7.39. The maximum Gasteiger partial charge on any atom is 0.119 e. The van der Waals surface area contributed by atoms with E-state index < -0.39 is 0 Å². The van der Waals surface area contributed by atoms with Gasteiger partial charge in [-0.05, 0) is 67.3 Å². The summed E-state index contributed by atoms with van der Waals surface area (Å²) in [6.45, 7) is 3.41. The Morgan fingerprint density at radius 2 is 2.28 bits per heavy atom. The number of methoxy groups -OCH3 is 1. The third-order valence-corrected chi connectivity index (χ3v) is 4.70. The van der Waals surface area contributed by atoms with E-state index in [0.29, 0.717) is 0 Å². The molecule has 2 heteroatoms. The zero-order valence-corrected chi connectivity index (χ0v) is 11.4. The van der Waals surface area contributed by atoms with Gasteiger partial charge in [-0.1, -0.05) is 13.0 Å². The molecule has 1 aromatic rings. The van der Waals surface area contributed by atoms with Gasteiger partial charge < -0.3 is 10.1 Å². The van der Waals surface area contributed by atoms with Gasteiger partial charge in [0.25, 0.3) is 0 Å². The monoisotopic (exact) mass is 245 g/mol. The minimum atomic E-state index is 0.759. The van der Waals surface area contributed by atoms with Crippen molar-refractivity contribution in [1.82, 2.24) is 5.32 Å². The first kappa shape index (κ1) is 12.0. The summed E-state index contributed by atoms with van der Waals surface area (Å²) in [5.41, 5.74) is 3.10. The van der Waals surface area contributed by atoms with Crippen LogP contribution in [0.3, 0.4) is 0 Å². The molecule has 3 atom stereocenters. The second-order valence-electron chi connectivity index (χ2n) is 5.67. The maximum absolute atomic E-state index is 5.36. The summed E-state index contributed by atoms with van der Waals surface area (Å²) < 4.78 is 5.36. The van der Waals surface area contributed by atoms with Crippen molar-refractivity contribution in [2.75, 3.05) is 13.7 Å². The lowest BCUT2D eigenvalue weighted by atomic mass is 9.60. The maximum atomic E-state index is 5.36. The first-order chi connectivity index (χ1) is 8.83. The molecular formula is C16H23NO. The lowest BCUT2D eigenvalue weighted by molar-refractivity contribution is 0.144. The Morgan fingerprint density at radius 1 is 1.39 bits per heavy atom. The van der Waals surface area contributed by atoms with Crippen LogP contribution in [0.4, 0.5) is 0 Å². The van der Waals surface area contributed by atoms with E-state index in [1.165, 1.54) is 32.2 Å². The highest BCUT2D eigenvalue weighted by Gasteiger charge is 2.44. The van der Waals surface area contributed by atoms with Crippen LogP contribution in [0.5, 0.6) is 5.75 Å². The smallest absolute Gasteiger partial charge is 0.119 e. The predicted octanol–water partition coefficient (Wildman–Crippen LogP) is 3.11. The van der Waals surface area contributed by atoms with Gasteiger partial charge in [-0.2, -0.15) is 0 Å². The van der Waals surface area contributed by atoms with Gasteiger partial charge in [-0.25, -0.2) is 0 Å². The average molecular weight is 245 g/mol. The van der Waals surface area contributed by atoms with Crippen molar-refractivity contribution in [1.29, 1.82) is 0 Å². The lowest BCUT2D eigenvalue weighted by Crippen LogP contribution is -2.51. The van der Waals surface area contributed by atoms with Crippen molar-refractivity contribution in [2.24, 2.45) is 5.92 Å². The molecule has 1 fully saturated rings. The van der Waals surface area contributed by atoms with Crippen molar-refractivity contribution in [3.8, 4) is 5.75 Å². The standard InChI is InChI=1S/C16H23NO/c1-3-8-17-16-10-15-13(16)7-5-11-4-6-12(18-2)9-14(11)15/h4,6,9,13,15-17H,3,5,7-8,10H2,1-2H3. The van der Waals surface area contributed by atoms with Crippen LogP contribution in [0.25, 0.3) is 0 Å². The molecule has 0 saturated heterocycles. The number of nitrogens with one attached hydrogen (secondary N) is 1. The number of benzene rings is 1. The zero-order valence-electron chi connectivity index (χ0n) is 11.4. The quantitative estimate of drug-likeness (QED) is 0.880. The topological polar surface area (TPSA) is 21.3 Å². The van der Waals surface area contributed by atoms with Crippen LogP contribution >= 0.6 is 0 Å². The number of hydrogen-bond donors (Lipinski definition) is 1. The van der Waals surface area contributed by atoms with E-state index in [0.717, 1.165) is 23.6 Å². The SMILES string of the molecule is CCCNC1CC2c3cc(OC)ccc3CCC12. The Labute approximate surface area is 110 Å². The number of aryl methyl sites for hydroxylation is 1. The van der Waals surface area contributed by atoms with Crippen molar-refractivity contribution in [3.63, 3.8) is 0 Å². The Balaban J connectivity index is 1.75. The fraction of sp³-hybridized carbons (Fsp3) is 0.625. The fourth-order valence-corrected chi connectivity index (χ4v) is 3.63. The van der Waals surface area contributed by atoms with Crippen LogP contribution in [0.1, 0.15) is 43.2 Å². The van der Waals surface area contributed by atoms with Crippen LogP contribution < -0.4 is 10.1 Å². The van der Waals surface area contributed by atoms with E-state index in [9.17, 15) is 0 Å². The summed E-state index contributed by atoms with van der Waals surface area (Å²) in [5, 5.41) is 3.70. The predicted molar refractivity (Wildman–Crippen MR) is 74.2 cm³/mol. The number of hydrogen-bond acceptors (Lipinski definition) is 2. The highest BCUT2D eigenvalue weighted by Crippen LogP contribution is 2.50. The molecule has 0 heterocycles. The molecule has 1 saturated carbocycles. The fourth-order valence-electron chi connectivity index (χ4n) is 3.63. The van der Waals surface area contributed by atoms with E-state index in [-0.39, 0.29) is 0 Å². The third-order valence-electron chi connectivity index (χ3n) is 4.70. The van der Waals surface area contributed by atoms with E-state index >= 15 is 0 Å². The number of fused-ring (bicyclic) bond motifs is 3. The van der Waals surface area contributed by atoms with Gasteiger partial charge in [-0.15, -0.1) is 0 Å². The van der Waals surface area contributed by atoms with Gasteiger partial charge in [-0.3, -0.25) is 0 Å². The van der Waals surface area contributed by atoms with Crippen LogP contribution in [-0.2, 0) is 6.42 Å². The van der Waals surface area contributed by atoms with Gasteiger partial charge in [0, 0.05) is 6.04 Å². The normalized spacial score (nSPS) is 29.1. The average Bonchev–Trinajstić information content (AvgIpc) is 2.38. The molecule has 0 radical (unpaired) electrons. The molecule has 2 aliphatic carbocycles. The molecule has 2 aliphatic rings. The molecule has 0 spiro atoms. The molecular weight excluding hydrogens is 222 g/mol. The molecule has 1 aromatic carbocycles. The van der Waals surface area contributed by atoms with Gasteiger partial charge in [0.1, 0.15) is 5.75 Å². The van der Waals surface area contributed by atoms with Gasteiger partial charge in [0.05, 0.1) is 7.11 Å². The summed E-state index contributed by atoms with van der Waals surface area (Å²) >= 11 is 0. The molecule has 18 heavy (non-hydrogen) atoms. The molecule has 0 amide bonds. The molecule has 0 aromatic heterocycles. The molecule has 1 N–H and O–H groups in total. The molecule has 98 valence electrons. The molecule has 2 nitrogen and oxygen atoms in total. The van der Waals surface area contributed by atoms with Gasteiger partial charge in [0.2, 0.25) is 0 Å². The first-order valence-electron chi connectivity index (χ1n) is 7.23. The summed E-state index contributed by atoms with van der Waals surface area (Å²) in [6.07, 6.45) is 5.14. The Bertz CT molecular complexity index is 429.